The molecular formula is C10H9Cl2N3O4S. The summed E-state index contributed by atoms with van der Waals surface area (Å²) in [7, 11) is -4.10. The molecule has 0 saturated carbocycles. The second-order valence-corrected chi connectivity index (χ2v) is 6.25. The molecule has 0 aliphatic rings. The molecular weight excluding hydrogens is 329 g/mol. The van der Waals surface area contributed by atoms with Crippen molar-refractivity contribution in [3.63, 3.8) is 0 Å². The molecule has 10 heteroatoms. The molecule has 0 amide bonds. The van der Waals surface area contributed by atoms with E-state index in [4.69, 9.17) is 28.5 Å². The average Bonchev–Trinajstić information content (AvgIpc) is 2.34. The lowest BCUT2D eigenvalue weighted by atomic mass is 10.3. The summed E-state index contributed by atoms with van der Waals surface area (Å²) >= 11 is 11.4. The van der Waals surface area contributed by atoms with Crippen LogP contribution in [0.15, 0.2) is 17.0 Å². The third-order valence-electron chi connectivity index (χ3n) is 2.43. The minimum Gasteiger partial charge on any atom is -0.258 e. The first kappa shape index (κ1) is 16.7. The highest BCUT2D eigenvalue weighted by Gasteiger charge is 2.31. The highest BCUT2D eigenvalue weighted by molar-refractivity contribution is 7.89. The Kier molecular flexibility index (Phi) is 5.30. The van der Waals surface area contributed by atoms with E-state index in [-0.39, 0.29) is 18.1 Å². The van der Waals surface area contributed by atoms with Crippen LogP contribution in [-0.2, 0) is 10.0 Å². The molecule has 1 rings (SSSR count). The molecule has 0 atom stereocenters. The van der Waals surface area contributed by atoms with Gasteiger partial charge in [-0.05, 0) is 12.1 Å². The number of benzene rings is 1. The average molecular weight is 338 g/mol. The topological polar surface area (TPSA) is 104 Å². The number of nitro groups is 1. The van der Waals surface area contributed by atoms with Gasteiger partial charge in [-0.15, -0.1) is 0 Å². The number of sulfonamides is 1. The number of nitro benzene ring substituents is 1. The van der Waals surface area contributed by atoms with E-state index < -0.39 is 30.6 Å². The van der Waals surface area contributed by atoms with Gasteiger partial charge in [0.05, 0.1) is 11.0 Å². The largest absolute Gasteiger partial charge is 0.307 e. The van der Waals surface area contributed by atoms with Crippen molar-refractivity contribution in [3.05, 3.63) is 32.3 Å². The van der Waals surface area contributed by atoms with Crippen molar-refractivity contribution in [1.29, 1.82) is 5.26 Å². The molecule has 20 heavy (non-hydrogen) atoms. The van der Waals surface area contributed by atoms with Gasteiger partial charge in [0, 0.05) is 6.54 Å². The van der Waals surface area contributed by atoms with E-state index in [1.54, 1.807) is 6.07 Å². The van der Waals surface area contributed by atoms with E-state index in [0.29, 0.717) is 0 Å². The fraction of sp³-hybridized carbons (Fsp3) is 0.300. The minimum absolute atomic E-state index is 0.0304. The Morgan fingerprint density at radius 2 is 2.05 bits per heavy atom. The van der Waals surface area contributed by atoms with Crippen LogP contribution in [0.2, 0.25) is 10.0 Å². The van der Waals surface area contributed by atoms with Crippen LogP contribution < -0.4 is 0 Å². The van der Waals surface area contributed by atoms with Crippen LogP contribution in [0.3, 0.4) is 0 Å². The zero-order valence-electron chi connectivity index (χ0n) is 10.2. The molecule has 1 aromatic carbocycles. The van der Waals surface area contributed by atoms with Crippen LogP contribution in [0, 0.1) is 21.4 Å². The zero-order valence-corrected chi connectivity index (χ0v) is 12.5. The molecule has 0 radical (unpaired) electrons. The molecule has 0 aromatic heterocycles. The van der Waals surface area contributed by atoms with Crippen LogP contribution in [0.1, 0.15) is 6.92 Å². The van der Waals surface area contributed by atoms with Crippen LogP contribution in [0.4, 0.5) is 5.69 Å². The van der Waals surface area contributed by atoms with E-state index in [2.05, 4.69) is 0 Å². The van der Waals surface area contributed by atoms with Gasteiger partial charge in [0.15, 0.2) is 0 Å². The predicted molar refractivity (Wildman–Crippen MR) is 73.2 cm³/mol. The molecule has 108 valence electrons. The number of nitrogens with zero attached hydrogens (tertiary/aromatic N) is 3. The highest BCUT2D eigenvalue weighted by atomic mass is 35.5. The van der Waals surface area contributed by atoms with Gasteiger partial charge in [0.1, 0.15) is 21.5 Å². The van der Waals surface area contributed by atoms with Gasteiger partial charge in [0.25, 0.3) is 0 Å². The molecule has 0 spiro atoms. The summed E-state index contributed by atoms with van der Waals surface area (Å²) in [5, 5.41) is 18.6. The Labute approximate surface area is 125 Å². The lowest BCUT2D eigenvalue weighted by molar-refractivity contribution is -0.384. The third kappa shape index (κ3) is 3.02. The summed E-state index contributed by atoms with van der Waals surface area (Å²) in [6.07, 6.45) is 0. The van der Waals surface area contributed by atoms with Crippen molar-refractivity contribution in [2.45, 2.75) is 11.8 Å². The van der Waals surface area contributed by atoms with E-state index in [1.807, 2.05) is 0 Å². The van der Waals surface area contributed by atoms with Gasteiger partial charge in [-0.3, -0.25) is 10.1 Å². The van der Waals surface area contributed by atoms with E-state index in [1.165, 1.54) is 6.92 Å². The van der Waals surface area contributed by atoms with Crippen LogP contribution in [0.5, 0.6) is 0 Å². The molecule has 0 aliphatic heterocycles. The van der Waals surface area contributed by atoms with Crippen molar-refractivity contribution in [1.82, 2.24) is 4.31 Å². The third-order valence-corrected chi connectivity index (χ3v) is 5.19. The molecule has 0 heterocycles. The fourth-order valence-electron chi connectivity index (χ4n) is 1.47. The normalized spacial score (nSPS) is 11.3. The molecule has 7 nitrogen and oxygen atoms in total. The van der Waals surface area contributed by atoms with Gasteiger partial charge in [-0.2, -0.15) is 9.57 Å². The summed E-state index contributed by atoms with van der Waals surface area (Å²) in [5.74, 6) is 0. The van der Waals surface area contributed by atoms with Gasteiger partial charge in [-0.1, -0.05) is 30.1 Å². The van der Waals surface area contributed by atoms with E-state index in [9.17, 15) is 18.5 Å². The van der Waals surface area contributed by atoms with E-state index >= 15 is 0 Å². The first-order valence-electron chi connectivity index (χ1n) is 5.26. The van der Waals surface area contributed by atoms with Gasteiger partial charge >= 0.3 is 5.69 Å². The quantitative estimate of drug-likeness (QED) is 0.466. The highest BCUT2D eigenvalue weighted by Crippen LogP contribution is 2.38. The second-order valence-electron chi connectivity index (χ2n) is 3.55. The summed E-state index contributed by atoms with van der Waals surface area (Å²) in [5.41, 5.74) is -0.678. The zero-order chi connectivity index (χ0) is 15.5. The molecule has 0 fully saturated rings. The Hall–Kier alpha value is -1.40. The first-order valence-corrected chi connectivity index (χ1v) is 7.46. The summed E-state index contributed by atoms with van der Waals surface area (Å²) in [6, 6.07) is 3.86. The summed E-state index contributed by atoms with van der Waals surface area (Å²) in [6.45, 7) is 1.18. The Bertz CT molecular complexity index is 684. The van der Waals surface area contributed by atoms with Gasteiger partial charge in [-0.25, -0.2) is 8.42 Å². The van der Waals surface area contributed by atoms with Crippen molar-refractivity contribution in [2.75, 3.05) is 13.1 Å². The molecule has 0 saturated heterocycles. The Balaban J connectivity index is 3.52. The second kappa shape index (κ2) is 6.37. The Morgan fingerprint density at radius 1 is 1.45 bits per heavy atom. The number of halogens is 2. The standard InChI is InChI=1S/C10H9Cl2N3O4S/c1-2-14(6-5-13)20(18,19)8-4-3-7(11)10(9(8)12)15(16)17/h3-4H,2,6H2,1H3. The predicted octanol–water partition coefficient (Wildman–Crippen LogP) is 2.44. The molecule has 1 aromatic rings. The van der Waals surface area contributed by atoms with Gasteiger partial charge in [0.2, 0.25) is 10.0 Å². The molecule has 0 bridgehead atoms. The summed E-state index contributed by atoms with van der Waals surface area (Å²) in [4.78, 5) is 9.55. The van der Waals surface area contributed by atoms with Crippen molar-refractivity contribution in [2.24, 2.45) is 0 Å². The number of rotatable bonds is 5. The van der Waals surface area contributed by atoms with Crippen LogP contribution in [0.25, 0.3) is 0 Å². The lowest BCUT2D eigenvalue weighted by Gasteiger charge is -2.17. The molecule has 0 unspecified atom stereocenters. The minimum atomic E-state index is -4.10. The van der Waals surface area contributed by atoms with Crippen LogP contribution in [-0.4, -0.2) is 30.7 Å². The van der Waals surface area contributed by atoms with Crippen molar-refractivity contribution < 1.29 is 13.3 Å². The van der Waals surface area contributed by atoms with E-state index in [0.717, 1.165) is 16.4 Å². The molecule has 0 N–H and O–H groups in total. The number of hydrogen-bond acceptors (Lipinski definition) is 5. The first-order chi connectivity index (χ1) is 9.27. The van der Waals surface area contributed by atoms with Crippen molar-refractivity contribution in [3.8, 4) is 6.07 Å². The lowest BCUT2D eigenvalue weighted by Crippen LogP contribution is -2.31. The SMILES string of the molecule is CCN(CC#N)S(=O)(=O)c1ccc(Cl)c([N+](=O)[O-])c1Cl. The fourth-order valence-corrected chi connectivity index (χ4v) is 3.68. The van der Waals surface area contributed by atoms with Crippen LogP contribution >= 0.6 is 23.2 Å². The van der Waals surface area contributed by atoms with Crippen molar-refractivity contribution >= 4 is 38.9 Å². The Morgan fingerprint density at radius 3 is 2.50 bits per heavy atom. The summed E-state index contributed by atoms with van der Waals surface area (Å²) < 4.78 is 25.4. The number of hydrogen-bond donors (Lipinski definition) is 0. The maximum atomic E-state index is 12.3. The molecule has 0 aliphatic carbocycles. The smallest absolute Gasteiger partial charge is 0.258 e. The maximum absolute atomic E-state index is 12.3. The monoisotopic (exact) mass is 337 g/mol. The maximum Gasteiger partial charge on any atom is 0.307 e. The number of nitriles is 1. The van der Waals surface area contributed by atoms with Gasteiger partial charge < -0.3 is 0 Å².